The van der Waals surface area contributed by atoms with Crippen molar-refractivity contribution in [3.05, 3.63) is 40.9 Å². The summed E-state index contributed by atoms with van der Waals surface area (Å²) < 4.78 is 31.7. The minimum Gasteiger partial charge on any atom is -0.461 e. The summed E-state index contributed by atoms with van der Waals surface area (Å²) in [4.78, 5) is 15.6. The molecule has 22 heavy (non-hydrogen) atoms. The van der Waals surface area contributed by atoms with Crippen LogP contribution in [0.3, 0.4) is 0 Å². The Labute approximate surface area is 133 Å². The highest BCUT2D eigenvalue weighted by atomic mass is 32.2. The van der Waals surface area contributed by atoms with Crippen molar-refractivity contribution in [1.82, 2.24) is 4.98 Å². The lowest BCUT2D eigenvalue weighted by atomic mass is 10.2. The summed E-state index contributed by atoms with van der Waals surface area (Å²) in [5.74, 6) is -0.573. The Morgan fingerprint density at radius 3 is 2.55 bits per heavy atom. The summed E-state index contributed by atoms with van der Waals surface area (Å²) in [6, 6.07) is 6.61. The third-order valence-electron chi connectivity index (χ3n) is 2.85. The van der Waals surface area contributed by atoms with Crippen LogP contribution in [0, 0.1) is 0 Å². The van der Waals surface area contributed by atoms with Gasteiger partial charge in [-0.3, -0.25) is 4.72 Å². The molecule has 0 radical (unpaired) electrons. The van der Waals surface area contributed by atoms with Gasteiger partial charge in [-0.15, -0.1) is 11.3 Å². The molecule has 6 nitrogen and oxygen atoms in total. The number of hydrogen-bond donors (Lipinski definition) is 1. The van der Waals surface area contributed by atoms with E-state index in [9.17, 15) is 13.2 Å². The number of carbonyl (C=O) groups is 1. The van der Waals surface area contributed by atoms with Gasteiger partial charge in [-0.2, -0.15) is 0 Å². The van der Waals surface area contributed by atoms with Crippen molar-refractivity contribution in [1.29, 1.82) is 0 Å². The van der Waals surface area contributed by atoms with Gasteiger partial charge in [-0.25, -0.2) is 18.2 Å². The zero-order valence-electron chi connectivity index (χ0n) is 12.2. The molecule has 0 fully saturated rings. The first kappa shape index (κ1) is 16.4. The van der Waals surface area contributed by atoms with Gasteiger partial charge in [0, 0.05) is 5.38 Å². The molecule has 0 bridgehead atoms. The highest BCUT2D eigenvalue weighted by Crippen LogP contribution is 2.21. The molecule has 0 aliphatic carbocycles. The molecule has 0 aliphatic heterocycles. The van der Waals surface area contributed by atoms with Crippen molar-refractivity contribution >= 4 is 32.5 Å². The first-order valence-electron chi connectivity index (χ1n) is 6.70. The number of ether oxygens (including phenoxy) is 1. The van der Waals surface area contributed by atoms with Crippen LogP contribution >= 0.6 is 11.3 Å². The Kier molecular flexibility index (Phi) is 5.15. The van der Waals surface area contributed by atoms with Crippen molar-refractivity contribution in [2.45, 2.75) is 25.2 Å². The fourth-order valence-corrected chi connectivity index (χ4v) is 3.63. The number of anilines is 1. The maximum Gasteiger partial charge on any atom is 0.357 e. The molecule has 8 heteroatoms. The molecule has 0 atom stereocenters. The van der Waals surface area contributed by atoms with E-state index in [1.165, 1.54) is 5.38 Å². The van der Waals surface area contributed by atoms with Crippen molar-refractivity contribution < 1.29 is 17.9 Å². The number of aromatic nitrogens is 1. The number of rotatable bonds is 6. The predicted octanol–water partition coefficient (Wildman–Crippen LogP) is 2.68. The molecule has 1 heterocycles. The highest BCUT2D eigenvalue weighted by Gasteiger charge is 2.18. The summed E-state index contributed by atoms with van der Waals surface area (Å²) >= 11 is 1.03. The first-order chi connectivity index (χ1) is 10.5. The summed E-state index contributed by atoms with van der Waals surface area (Å²) in [6.07, 6.45) is 0.836. The largest absolute Gasteiger partial charge is 0.461 e. The number of aryl methyl sites for hydroxylation is 1. The lowest BCUT2D eigenvalue weighted by molar-refractivity contribution is 0.0520. The maximum absolute atomic E-state index is 12.2. The second-order valence-electron chi connectivity index (χ2n) is 4.36. The summed E-state index contributed by atoms with van der Waals surface area (Å²) in [5, 5.41) is 1.58. The number of carbonyl (C=O) groups excluding carboxylic acids is 1. The molecule has 1 N–H and O–H groups in total. The average molecular weight is 340 g/mol. The van der Waals surface area contributed by atoms with Gasteiger partial charge in [0.15, 0.2) is 10.8 Å². The van der Waals surface area contributed by atoms with Crippen LogP contribution in [-0.2, 0) is 21.2 Å². The van der Waals surface area contributed by atoms with Crippen molar-refractivity contribution in [3.63, 3.8) is 0 Å². The lowest BCUT2D eigenvalue weighted by Gasteiger charge is -2.05. The van der Waals surface area contributed by atoms with Crippen molar-refractivity contribution in [2.75, 3.05) is 11.3 Å². The third kappa shape index (κ3) is 3.83. The minimum atomic E-state index is -3.72. The fourth-order valence-electron chi connectivity index (χ4n) is 1.70. The van der Waals surface area contributed by atoms with Gasteiger partial charge in [0.2, 0.25) is 0 Å². The molecule has 0 saturated heterocycles. The second kappa shape index (κ2) is 6.89. The van der Waals surface area contributed by atoms with Gasteiger partial charge in [-0.1, -0.05) is 19.1 Å². The third-order valence-corrected chi connectivity index (χ3v) is 5.09. The highest BCUT2D eigenvalue weighted by molar-refractivity contribution is 7.93. The summed E-state index contributed by atoms with van der Waals surface area (Å²) in [5.41, 5.74) is 1.14. The number of nitrogens with zero attached hydrogens (tertiary/aromatic N) is 1. The Bertz CT molecular complexity index is 751. The molecular weight excluding hydrogens is 324 g/mol. The molecule has 0 saturated carbocycles. The molecule has 118 valence electrons. The van der Waals surface area contributed by atoms with E-state index < -0.39 is 16.0 Å². The van der Waals surface area contributed by atoms with Crippen LogP contribution in [0.5, 0.6) is 0 Å². The topological polar surface area (TPSA) is 85.4 Å². The zero-order valence-corrected chi connectivity index (χ0v) is 13.8. The Morgan fingerprint density at radius 1 is 1.27 bits per heavy atom. The maximum atomic E-state index is 12.2. The summed E-state index contributed by atoms with van der Waals surface area (Å²) in [7, 11) is -3.72. The minimum absolute atomic E-state index is 0.0888. The van der Waals surface area contributed by atoms with Gasteiger partial charge in [0.1, 0.15) is 0 Å². The van der Waals surface area contributed by atoms with E-state index in [0.717, 1.165) is 23.3 Å². The van der Waals surface area contributed by atoms with E-state index in [1.807, 2.05) is 6.92 Å². The van der Waals surface area contributed by atoms with E-state index in [0.29, 0.717) is 0 Å². The molecule has 0 amide bonds. The predicted molar refractivity (Wildman–Crippen MR) is 84.7 cm³/mol. The SMILES string of the molecule is CCOC(=O)c1csc(NS(=O)(=O)c2ccc(CC)cc2)n1. The normalized spacial score (nSPS) is 11.2. The van der Waals surface area contributed by atoms with Gasteiger partial charge in [-0.05, 0) is 31.0 Å². The fraction of sp³-hybridized carbons (Fsp3) is 0.286. The van der Waals surface area contributed by atoms with E-state index in [2.05, 4.69) is 9.71 Å². The standard InChI is InChI=1S/C14H16N2O4S2/c1-3-10-5-7-11(8-6-10)22(18,19)16-14-15-12(9-21-14)13(17)20-4-2/h5-9H,3-4H2,1-2H3,(H,15,16). The van der Waals surface area contributed by atoms with Gasteiger partial charge in [0.05, 0.1) is 11.5 Å². The molecule has 1 aromatic heterocycles. The number of esters is 1. The van der Waals surface area contributed by atoms with E-state index in [4.69, 9.17) is 4.74 Å². The monoisotopic (exact) mass is 340 g/mol. The second-order valence-corrected chi connectivity index (χ2v) is 6.90. The van der Waals surface area contributed by atoms with Crippen LogP contribution < -0.4 is 4.72 Å². The quantitative estimate of drug-likeness (QED) is 0.817. The number of nitrogens with one attached hydrogen (secondary N) is 1. The Hall–Kier alpha value is -1.93. The van der Waals surface area contributed by atoms with Gasteiger partial charge >= 0.3 is 5.97 Å². The average Bonchev–Trinajstić information content (AvgIpc) is 2.95. The van der Waals surface area contributed by atoms with Crippen LogP contribution in [0.1, 0.15) is 29.9 Å². The molecule has 2 rings (SSSR count). The van der Waals surface area contributed by atoms with Gasteiger partial charge < -0.3 is 4.74 Å². The molecule has 1 aromatic carbocycles. The van der Waals surface area contributed by atoms with E-state index in [-0.39, 0.29) is 22.3 Å². The van der Waals surface area contributed by atoms with Crippen molar-refractivity contribution in [3.8, 4) is 0 Å². The molecule has 2 aromatic rings. The zero-order chi connectivity index (χ0) is 16.2. The molecule has 0 unspecified atom stereocenters. The molecule has 0 spiro atoms. The van der Waals surface area contributed by atoms with Crippen LogP contribution in [0.4, 0.5) is 5.13 Å². The van der Waals surface area contributed by atoms with Crippen LogP contribution in [0.15, 0.2) is 34.5 Å². The van der Waals surface area contributed by atoms with Crippen molar-refractivity contribution in [2.24, 2.45) is 0 Å². The Balaban J connectivity index is 2.16. The van der Waals surface area contributed by atoms with Crippen LogP contribution in [0.25, 0.3) is 0 Å². The van der Waals surface area contributed by atoms with E-state index in [1.54, 1.807) is 31.2 Å². The number of sulfonamides is 1. The molecular formula is C14H16N2O4S2. The smallest absolute Gasteiger partial charge is 0.357 e. The number of thiazole rings is 1. The van der Waals surface area contributed by atoms with E-state index >= 15 is 0 Å². The first-order valence-corrected chi connectivity index (χ1v) is 9.07. The molecule has 0 aliphatic rings. The lowest BCUT2D eigenvalue weighted by Crippen LogP contribution is -2.13. The summed E-state index contributed by atoms with van der Waals surface area (Å²) in [6.45, 7) is 3.92. The Morgan fingerprint density at radius 2 is 1.95 bits per heavy atom. The van der Waals surface area contributed by atoms with Gasteiger partial charge in [0.25, 0.3) is 10.0 Å². The number of hydrogen-bond acceptors (Lipinski definition) is 6. The number of benzene rings is 1. The van der Waals surface area contributed by atoms with Crippen LogP contribution in [0.2, 0.25) is 0 Å². The van der Waals surface area contributed by atoms with Crippen LogP contribution in [-0.4, -0.2) is 26.0 Å².